The second kappa shape index (κ2) is 13.4. The molecular formula is C14H27N5O5. The maximum Gasteiger partial charge on any atom is 0.236 e. The summed E-state index contributed by atoms with van der Waals surface area (Å²) in [6, 6.07) is -0.633. The third-order valence-electron chi connectivity index (χ3n) is 2.90. The van der Waals surface area contributed by atoms with E-state index in [4.69, 9.17) is 26.7 Å². The topological polar surface area (TPSA) is 172 Å². The summed E-state index contributed by atoms with van der Waals surface area (Å²) in [5, 5.41) is 2.64. The lowest BCUT2D eigenvalue weighted by atomic mass is 10.1. The Hall–Kier alpha value is -2.04. The first-order valence-electron chi connectivity index (χ1n) is 7.62. The summed E-state index contributed by atoms with van der Waals surface area (Å²) in [4.78, 5) is 36.9. The summed E-state index contributed by atoms with van der Waals surface area (Å²) >= 11 is 0. The van der Waals surface area contributed by atoms with Gasteiger partial charge in [-0.2, -0.15) is 0 Å². The lowest BCUT2D eigenvalue weighted by Gasteiger charge is -2.12. The largest absolute Gasteiger partial charge is 0.377 e. The molecule has 0 heterocycles. The Morgan fingerprint density at radius 2 is 1.96 bits per heavy atom. The first-order valence-corrected chi connectivity index (χ1v) is 7.62. The number of ether oxygens (including phenoxy) is 2. The van der Waals surface area contributed by atoms with Crippen LogP contribution >= 0.6 is 0 Å². The van der Waals surface area contributed by atoms with E-state index in [0.717, 1.165) is 0 Å². The fourth-order valence-corrected chi connectivity index (χ4v) is 1.62. The van der Waals surface area contributed by atoms with Crippen LogP contribution in [0.15, 0.2) is 4.99 Å². The highest BCUT2D eigenvalue weighted by molar-refractivity contribution is 5.94. The van der Waals surface area contributed by atoms with E-state index in [0.29, 0.717) is 32.2 Å². The Labute approximate surface area is 141 Å². The highest BCUT2D eigenvalue weighted by atomic mass is 16.5. The quantitative estimate of drug-likeness (QED) is 0.0892. The number of nitrogens with zero attached hydrogens (tertiary/aromatic N) is 1. The van der Waals surface area contributed by atoms with E-state index in [1.165, 1.54) is 6.92 Å². The van der Waals surface area contributed by atoms with Gasteiger partial charge in [0, 0.05) is 13.1 Å². The molecule has 0 saturated carbocycles. The van der Waals surface area contributed by atoms with Gasteiger partial charge in [0.1, 0.15) is 0 Å². The van der Waals surface area contributed by atoms with E-state index in [2.05, 4.69) is 10.3 Å². The number of hydrogen-bond donors (Lipinski definition) is 4. The van der Waals surface area contributed by atoms with Crippen LogP contribution in [0.4, 0.5) is 0 Å². The number of nitrogens with one attached hydrogen (secondary N) is 1. The third-order valence-corrected chi connectivity index (χ3v) is 2.90. The molecule has 0 aliphatic heterocycles. The molecule has 0 aromatic heterocycles. The average Bonchev–Trinajstić information content (AvgIpc) is 2.53. The van der Waals surface area contributed by atoms with E-state index in [-0.39, 0.29) is 37.5 Å². The molecule has 0 saturated heterocycles. The van der Waals surface area contributed by atoms with Gasteiger partial charge in [0.25, 0.3) is 0 Å². The molecule has 2 atom stereocenters. The molecule has 0 aromatic carbocycles. The third kappa shape index (κ3) is 11.5. The molecule has 24 heavy (non-hydrogen) atoms. The second-order valence-corrected chi connectivity index (χ2v) is 5.00. The van der Waals surface area contributed by atoms with Gasteiger partial charge in [-0.3, -0.25) is 19.4 Å². The van der Waals surface area contributed by atoms with Crippen LogP contribution in [0, 0.1) is 0 Å². The number of ketones is 1. The smallest absolute Gasteiger partial charge is 0.236 e. The van der Waals surface area contributed by atoms with Crippen LogP contribution < -0.4 is 22.5 Å². The van der Waals surface area contributed by atoms with Gasteiger partial charge in [-0.25, -0.2) is 0 Å². The minimum absolute atomic E-state index is 0.0110. The van der Waals surface area contributed by atoms with Gasteiger partial charge in [-0.15, -0.1) is 0 Å². The number of aldehydes is 1. The number of hydrogen-bond acceptors (Lipinski definition) is 7. The molecule has 0 aromatic rings. The molecule has 0 rings (SSSR count). The summed E-state index contributed by atoms with van der Waals surface area (Å²) in [5.74, 6) is -0.625. The normalized spacial score (nSPS) is 12.9. The zero-order valence-corrected chi connectivity index (χ0v) is 13.9. The molecule has 1 amide bonds. The first-order chi connectivity index (χ1) is 11.4. The molecule has 7 N–H and O–H groups in total. The number of carbonyl (C=O) groups is 3. The van der Waals surface area contributed by atoms with Crippen LogP contribution in [0.2, 0.25) is 0 Å². The second-order valence-electron chi connectivity index (χ2n) is 5.00. The number of carbonyl (C=O) groups excluding carboxylic acids is 3. The molecule has 138 valence electrons. The monoisotopic (exact) mass is 345 g/mol. The van der Waals surface area contributed by atoms with Crippen molar-refractivity contribution >= 4 is 23.9 Å². The molecule has 0 spiro atoms. The SMILES string of the molecule is CC(=O)C(C=O)OCCOCCNC(=O)[C@@H](N)CCCN=C(N)N. The molecule has 0 fully saturated rings. The summed E-state index contributed by atoms with van der Waals surface area (Å²) in [6.45, 7) is 2.58. The average molecular weight is 345 g/mol. The zero-order chi connectivity index (χ0) is 18.4. The van der Waals surface area contributed by atoms with Gasteiger partial charge in [-0.1, -0.05) is 0 Å². The van der Waals surface area contributed by atoms with E-state index in [1.54, 1.807) is 0 Å². The number of aliphatic imine (C=N–C) groups is 1. The van der Waals surface area contributed by atoms with Gasteiger partial charge < -0.3 is 32.0 Å². The molecular weight excluding hydrogens is 318 g/mol. The number of rotatable bonds is 14. The van der Waals surface area contributed by atoms with E-state index < -0.39 is 12.1 Å². The fourth-order valence-electron chi connectivity index (χ4n) is 1.62. The minimum atomic E-state index is -1.05. The van der Waals surface area contributed by atoms with Gasteiger partial charge in [0.2, 0.25) is 5.91 Å². The Kier molecular flexibility index (Phi) is 12.3. The summed E-state index contributed by atoms with van der Waals surface area (Å²) < 4.78 is 10.2. The number of guanidine groups is 1. The Bertz CT molecular complexity index is 426. The van der Waals surface area contributed by atoms with Crippen LogP contribution in [0.5, 0.6) is 0 Å². The molecule has 10 heteroatoms. The van der Waals surface area contributed by atoms with Crippen molar-refractivity contribution in [1.29, 1.82) is 0 Å². The number of nitrogens with two attached hydrogens (primary N) is 3. The van der Waals surface area contributed by atoms with Crippen molar-refractivity contribution in [3.8, 4) is 0 Å². The Balaban J connectivity index is 3.62. The van der Waals surface area contributed by atoms with Crippen LogP contribution in [-0.2, 0) is 23.9 Å². The van der Waals surface area contributed by atoms with Crippen LogP contribution in [0.1, 0.15) is 19.8 Å². The molecule has 0 radical (unpaired) electrons. The Morgan fingerprint density at radius 3 is 2.54 bits per heavy atom. The van der Waals surface area contributed by atoms with Crippen molar-refractivity contribution in [3.05, 3.63) is 0 Å². The zero-order valence-electron chi connectivity index (χ0n) is 13.9. The van der Waals surface area contributed by atoms with E-state index in [9.17, 15) is 14.4 Å². The van der Waals surface area contributed by atoms with Crippen molar-refractivity contribution in [2.45, 2.75) is 31.9 Å². The number of Topliss-reactive ketones (excluding diaryl/α,β-unsaturated/α-hetero) is 1. The van der Waals surface area contributed by atoms with E-state index in [1.807, 2.05) is 0 Å². The maximum absolute atomic E-state index is 11.7. The van der Waals surface area contributed by atoms with Crippen molar-refractivity contribution in [2.24, 2.45) is 22.2 Å². The molecule has 10 nitrogen and oxygen atoms in total. The molecule has 0 bridgehead atoms. The predicted molar refractivity (Wildman–Crippen MR) is 88.2 cm³/mol. The van der Waals surface area contributed by atoms with Crippen LogP contribution in [0.3, 0.4) is 0 Å². The van der Waals surface area contributed by atoms with Gasteiger partial charge >= 0.3 is 0 Å². The van der Waals surface area contributed by atoms with Gasteiger partial charge in [0.15, 0.2) is 24.1 Å². The van der Waals surface area contributed by atoms with E-state index >= 15 is 0 Å². The summed E-state index contributed by atoms with van der Waals surface area (Å²) in [5.41, 5.74) is 16.1. The predicted octanol–water partition coefficient (Wildman–Crippen LogP) is -2.33. The maximum atomic E-state index is 11.7. The molecule has 0 aliphatic carbocycles. The van der Waals surface area contributed by atoms with Crippen molar-refractivity contribution in [3.63, 3.8) is 0 Å². The highest BCUT2D eigenvalue weighted by Crippen LogP contribution is 1.95. The van der Waals surface area contributed by atoms with Crippen LogP contribution in [0.25, 0.3) is 0 Å². The fraction of sp³-hybridized carbons (Fsp3) is 0.714. The number of amides is 1. The van der Waals surface area contributed by atoms with Gasteiger partial charge in [0.05, 0.1) is 25.9 Å². The first kappa shape index (κ1) is 22.0. The van der Waals surface area contributed by atoms with Crippen molar-refractivity contribution in [2.75, 3.05) is 32.9 Å². The Morgan fingerprint density at radius 1 is 1.25 bits per heavy atom. The summed E-state index contributed by atoms with van der Waals surface area (Å²) in [6.07, 6.45) is 0.464. The highest BCUT2D eigenvalue weighted by Gasteiger charge is 2.13. The molecule has 1 unspecified atom stereocenters. The van der Waals surface area contributed by atoms with Crippen molar-refractivity contribution < 1.29 is 23.9 Å². The van der Waals surface area contributed by atoms with Crippen molar-refractivity contribution in [1.82, 2.24) is 5.32 Å². The van der Waals surface area contributed by atoms with Crippen LogP contribution in [-0.4, -0.2) is 69.0 Å². The standard InChI is InChI=1S/C14H27N5O5/c1-10(21)12(9-20)24-8-7-23-6-5-18-13(22)11(15)3-2-4-19-14(16)17/h9,11-12H,2-8,15H2,1H3,(H,18,22)(H4,16,17,19)/t11-,12?/m0/s1. The lowest BCUT2D eigenvalue weighted by Crippen LogP contribution is -2.42. The molecule has 0 aliphatic rings. The minimum Gasteiger partial charge on any atom is -0.377 e. The van der Waals surface area contributed by atoms with Gasteiger partial charge in [-0.05, 0) is 19.8 Å². The lowest BCUT2D eigenvalue weighted by molar-refractivity contribution is -0.136. The summed E-state index contributed by atoms with van der Waals surface area (Å²) in [7, 11) is 0.